The Kier molecular flexibility index (Phi) is 6.73. The number of benzene rings is 1. The maximum absolute atomic E-state index is 14.7. The lowest BCUT2D eigenvalue weighted by molar-refractivity contribution is -0.147. The predicted molar refractivity (Wildman–Crippen MR) is 126 cm³/mol. The molecule has 9 nitrogen and oxygen atoms in total. The molecule has 3 N–H and O–H groups in total. The maximum Gasteiger partial charge on any atom is 0.404 e. The van der Waals surface area contributed by atoms with E-state index in [0.29, 0.717) is 24.4 Å². The van der Waals surface area contributed by atoms with Crippen LogP contribution >= 0.6 is 0 Å². The molecule has 3 heterocycles. The molecule has 0 aliphatic heterocycles. The number of pyridine rings is 1. The Labute approximate surface area is 208 Å². The largest absolute Gasteiger partial charge is 0.404 e. The summed E-state index contributed by atoms with van der Waals surface area (Å²) >= 11 is 0. The van der Waals surface area contributed by atoms with Crippen LogP contribution in [0.4, 0.5) is 17.6 Å². The minimum atomic E-state index is -4.79. The van der Waals surface area contributed by atoms with Crippen LogP contribution in [0.1, 0.15) is 29.8 Å². The summed E-state index contributed by atoms with van der Waals surface area (Å²) < 4.78 is 81.3. The molecule has 0 radical (unpaired) electrons. The van der Waals surface area contributed by atoms with Gasteiger partial charge in [0.25, 0.3) is 5.91 Å². The lowest BCUT2D eigenvalue weighted by Crippen LogP contribution is -2.42. The molecule has 0 aliphatic rings. The number of sulfonamides is 1. The maximum atomic E-state index is 14.7. The first-order chi connectivity index (χ1) is 17.3. The van der Waals surface area contributed by atoms with Crippen molar-refractivity contribution in [1.29, 1.82) is 0 Å². The molecule has 0 aliphatic carbocycles. The number of aryl methyl sites for hydroxylation is 1. The second-order valence-electron chi connectivity index (χ2n) is 8.06. The molecule has 1 amide bonds. The van der Waals surface area contributed by atoms with Crippen molar-refractivity contribution >= 4 is 26.8 Å². The number of carbonyl (C=O) groups is 1. The van der Waals surface area contributed by atoms with Crippen LogP contribution in [0.2, 0.25) is 0 Å². The van der Waals surface area contributed by atoms with E-state index in [2.05, 4.69) is 15.0 Å². The number of rotatable bonds is 7. The third-order valence-corrected chi connectivity index (χ3v) is 7.18. The molecule has 37 heavy (non-hydrogen) atoms. The second kappa shape index (κ2) is 9.52. The van der Waals surface area contributed by atoms with Crippen molar-refractivity contribution < 1.29 is 30.8 Å². The lowest BCUT2D eigenvalue weighted by atomic mass is 10.0. The SMILES string of the molecule is CCc1cc2c(cc1F)c(C(N)=O)c(-c1ccc(S(=O)(=O)N[C@@H](C)C(F)(F)F)cn1)n2-c1cnccn1. The van der Waals surface area contributed by atoms with Crippen LogP contribution in [0.15, 0.2) is 53.9 Å². The van der Waals surface area contributed by atoms with Crippen LogP contribution in [0.3, 0.4) is 0 Å². The van der Waals surface area contributed by atoms with E-state index in [4.69, 9.17) is 5.73 Å². The van der Waals surface area contributed by atoms with Crippen LogP contribution in [0.25, 0.3) is 28.1 Å². The van der Waals surface area contributed by atoms with Gasteiger partial charge in [-0.15, -0.1) is 0 Å². The summed E-state index contributed by atoms with van der Waals surface area (Å²) in [6.45, 7) is 2.42. The molecule has 0 saturated heterocycles. The van der Waals surface area contributed by atoms with E-state index in [1.165, 1.54) is 41.4 Å². The van der Waals surface area contributed by atoms with E-state index in [0.717, 1.165) is 12.3 Å². The number of amides is 1. The second-order valence-corrected chi connectivity index (χ2v) is 9.78. The number of fused-ring (bicyclic) bond motifs is 1. The van der Waals surface area contributed by atoms with Crippen molar-refractivity contribution in [2.75, 3.05) is 0 Å². The number of primary amides is 1. The van der Waals surface area contributed by atoms with Gasteiger partial charge < -0.3 is 5.73 Å². The fraction of sp³-hybridized carbons (Fsp3) is 0.217. The summed E-state index contributed by atoms with van der Waals surface area (Å²) in [4.78, 5) is 24.4. The van der Waals surface area contributed by atoms with E-state index in [9.17, 15) is 30.8 Å². The van der Waals surface area contributed by atoms with E-state index >= 15 is 0 Å². The van der Waals surface area contributed by atoms with Gasteiger partial charge in [0.15, 0.2) is 5.82 Å². The van der Waals surface area contributed by atoms with Gasteiger partial charge >= 0.3 is 6.18 Å². The molecule has 4 rings (SSSR count). The topological polar surface area (TPSA) is 133 Å². The highest BCUT2D eigenvalue weighted by atomic mass is 32.2. The number of alkyl halides is 3. The van der Waals surface area contributed by atoms with Gasteiger partial charge in [0.05, 0.1) is 28.7 Å². The minimum absolute atomic E-state index is 0.0388. The number of hydrogen-bond donors (Lipinski definition) is 2. The molecule has 194 valence electrons. The zero-order chi connectivity index (χ0) is 27.1. The van der Waals surface area contributed by atoms with Crippen molar-refractivity contribution in [2.24, 2.45) is 5.73 Å². The number of nitrogens with zero attached hydrogens (tertiary/aromatic N) is 4. The lowest BCUT2D eigenvalue weighted by Gasteiger charge is -2.17. The first-order valence-corrected chi connectivity index (χ1v) is 12.3. The quantitative estimate of drug-likeness (QED) is 0.348. The summed E-state index contributed by atoms with van der Waals surface area (Å²) in [7, 11) is -4.57. The molecule has 0 fully saturated rings. The van der Waals surface area contributed by atoms with E-state index in [-0.39, 0.29) is 28.2 Å². The first-order valence-electron chi connectivity index (χ1n) is 10.8. The number of hydrogen-bond acceptors (Lipinski definition) is 6. The normalized spacial score (nSPS) is 13.1. The van der Waals surface area contributed by atoms with E-state index < -0.39 is 38.9 Å². The van der Waals surface area contributed by atoms with Crippen molar-refractivity contribution in [3.63, 3.8) is 0 Å². The standard InChI is InChI=1S/C23H20F4N6O3S/c1-3-13-8-18-15(9-16(13)24)20(22(28)34)21(33(18)19-11-29-6-7-30-19)17-5-4-14(10-31-17)37(35,36)32-12(2)23(25,26)27/h4-12,32H,3H2,1-2H3,(H2,28,34)/t12-/m0/s1. The number of aromatic nitrogens is 4. The Balaban J connectivity index is 1.95. The third kappa shape index (κ3) is 4.89. The summed E-state index contributed by atoms with van der Waals surface area (Å²) in [5, 5.41) is 0.169. The highest BCUT2D eigenvalue weighted by Gasteiger charge is 2.39. The number of halogens is 4. The molecular weight excluding hydrogens is 516 g/mol. The molecule has 0 unspecified atom stereocenters. The van der Waals surface area contributed by atoms with Gasteiger partial charge in [-0.1, -0.05) is 6.92 Å². The smallest absolute Gasteiger partial charge is 0.366 e. The molecule has 1 aromatic carbocycles. The first kappa shape index (κ1) is 26.2. The van der Waals surface area contributed by atoms with Gasteiger partial charge in [-0.2, -0.15) is 17.9 Å². The van der Waals surface area contributed by atoms with Gasteiger partial charge in [0.1, 0.15) is 16.8 Å². The van der Waals surface area contributed by atoms with Gasteiger partial charge in [-0.25, -0.2) is 17.8 Å². The molecule has 14 heteroatoms. The molecule has 1 atom stereocenters. The van der Waals surface area contributed by atoms with Crippen LogP contribution in [-0.2, 0) is 16.4 Å². The number of carbonyl (C=O) groups excluding carboxylic acids is 1. The van der Waals surface area contributed by atoms with Crippen molar-refractivity contribution in [1.82, 2.24) is 24.2 Å². The van der Waals surface area contributed by atoms with E-state index in [1.54, 1.807) is 11.6 Å². The third-order valence-electron chi connectivity index (χ3n) is 5.65. The average Bonchev–Trinajstić information content (AvgIpc) is 3.17. The van der Waals surface area contributed by atoms with Gasteiger partial charge in [0.2, 0.25) is 10.0 Å². The van der Waals surface area contributed by atoms with Crippen LogP contribution in [0, 0.1) is 5.82 Å². The monoisotopic (exact) mass is 536 g/mol. The molecule has 0 spiro atoms. The minimum Gasteiger partial charge on any atom is -0.366 e. The highest BCUT2D eigenvalue weighted by molar-refractivity contribution is 7.89. The van der Waals surface area contributed by atoms with Gasteiger partial charge in [-0.3, -0.25) is 19.3 Å². The Morgan fingerprint density at radius 3 is 2.43 bits per heavy atom. The summed E-state index contributed by atoms with van der Waals surface area (Å²) in [5.41, 5.74) is 6.42. The summed E-state index contributed by atoms with van der Waals surface area (Å²) in [6.07, 6.45) is 0.625. The number of nitrogens with one attached hydrogen (secondary N) is 1. The Bertz CT molecular complexity index is 1590. The molecule has 4 aromatic rings. The summed E-state index contributed by atoms with van der Waals surface area (Å²) in [5.74, 6) is -1.23. The van der Waals surface area contributed by atoms with Crippen LogP contribution in [0.5, 0.6) is 0 Å². The molecule has 0 bridgehead atoms. The molecule has 3 aromatic heterocycles. The van der Waals surface area contributed by atoms with E-state index in [1.807, 2.05) is 0 Å². The van der Waals surface area contributed by atoms with Gasteiger partial charge in [0, 0.05) is 24.0 Å². The predicted octanol–water partition coefficient (Wildman–Crippen LogP) is 3.51. The Hall–Kier alpha value is -3.91. The van der Waals surface area contributed by atoms with Crippen molar-refractivity contribution in [2.45, 2.75) is 37.4 Å². The Morgan fingerprint density at radius 2 is 1.89 bits per heavy atom. The van der Waals surface area contributed by atoms with Crippen molar-refractivity contribution in [3.05, 3.63) is 66.0 Å². The Morgan fingerprint density at radius 1 is 1.16 bits per heavy atom. The van der Waals surface area contributed by atoms with Crippen LogP contribution in [-0.4, -0.2) is 46.1 Å². The summed E-state index contributed by atoms with van der Waals surface area (Å²) in [6, 6.07) is 2.62. The molecular formula is C23H20F4N6O3S. The zero-order valence-electron chi connectivity index (χ0n) is 19.4. The number of nitrogens with two attached hydrogens (primary N) is 1. The fourth-order valence-electron chi connectivity index (χ4n) is 3.80. The van der Waals surface area contributed by atoms with Crippen LogP contribution < -0.4 is 10.5 Å². The highest BCUT2D eigenvalue weighted by Crippen LogP contribution is 2.36. The van der Waals surface area contributed by atoms with Crippen molar-refractivity contribution in [3.8, 4) is 17.2 Å². The molecule has 0 saturated carbocycles. The zero-order valence-corrected chi connectivity index (χ0v) is 20.2. The fourth-order valence-corrected chi connectivity index (χ4v) is 4.98. The van der Waals surface area contributed by atoms with Gasteiger partial charge in [-0.05, 0) is 43.2 Å². The average molecular weight is 537 g/mol.